The number of nitrogens with two attached hydrogens (primary N) is 1. The SMILES string of the molecule is N#Cc1ccc2nc(CN)[nH]c2c1. The minimum Gasteiger partial charge on any atom is -0.341 e. The number of imidazole rings is 1. The highest BCUT2D eigenvalue weighted by Crippen LogP contribution is 2.12. The zero-order chi connectivity index (χ0) is 9.26. The predicted molar refractivity (Wildman–Crippen MR) is 48.7 cm³/mol. The molecule has 0 unspecified atom stereocenters. The van der Waals surface area contributed by atoms with Gasteiger partial charge in [0.05, 0.1) is 29.2 Å². The van der Waals surface area contributed by atoms with E-state index in [1.54, 1.807) is 12.1 Å². The third-order valence-electron chi connectivity index (χ3n) is 1.85. The standard InChI is InChI=1S/C9H8N4/c10-4-6-1-2-7-8(3-6)13-9(5-11)12-7/h1-3H,5,11H2,(H,12,13). The van der Waals surface area contributed by atoms with Crippen molar-refractivity contribution < 1.29 is 0 Å². The van der Waals surface area contributed by atoms with Crippen molar-refractivity contribution in [1.82, 2.24) is 9.97 Å². The molecule has 0 fully saturated rings. The van der Waals surface area contributed by atoms with Gasteiger partial charge in [-0.25, -0.2) is 4.98 Å². The van der Waals surface area contributed by atoms with E-state index in [1.807, 2.05) is 6.07 Å². The summed E-state index contributed by atoms with van der Waals surface area (Å²) in [6.45, 7) is 0.385. The summed E-state index contributed by atoms with van der Waals surface area (Å²) >= 11 is 0. The molecule has 0 saturated heterocycles. The van der Waals surface area contributed by atoms with Crippen LogP contribution in [0.3, 0.4) is 0 Å². The van der Waals surface area contributed by atoms with Gasteiger partial charge in [-0.2, -0.15) is 5.26 Å². The fraction of sp³-hybridized carbons (Fsp3) is 0.111. The first kappa shape index (κ1) is 7.77. The van der Waals surface area contributed by atoms with Crippen LogP contribution >= 0.6 is 0 Å². The topological polar surface area (TPSA) is 78.5 Å². The normalized spacial score (nSPS) is 10.2. The molecule has 3 N–H and O–H groups in total. The number of benzene rings is 1. The van der Waals surface area contributed by atoms with E-state index in [2.05, 4.69) is 16.0 Å². The maximum absolute atomic E-state index is 8.65. The second-order valence-corrected chi connectivity index (χ2v) is 2.73. The maximum atomic E-state index is 8.65. The number of H-pyrrole nitrogens is 1. The van der Waals surface area contributed by atoms with Crippen LogP contribution in [0.2, 0.25) is 0 Å². The van der Waals surface area contributed by atoms with E-state index < -0.39 is 0 Å². The zero-order valence-electron chi connectivity index (χ0n) is 6.91. The average Bonchev–Trinajstić information content (AvgIpc) is 2.58. The van der Waals surface area contributed by atoms with Crippen LogP contribution in [0.25, 0.3) is 11.0 Å². The van der Waals surface area contributed by atoms with E-state index in [1.165, 1.54) is 0 Å². The van der Waals surface area contributed by atoms with E-state index >= 15 is 0 Å². The van der Waals surface area contributed by atoms with Crippen molar-refractivity contribution in [3.05, 3.63) is 29.6 Å². The summed E-state index contributed by atoms with van der Waals surface area (Å²) in [5.41, 5.74) is 7.76. The van der Waals surface area contributed by atoms with E-state index in [0.717, 1.165) is 16.9 Å². The highest BCUT2D eigenvalue weighted by Gasteiger charge is 2.01. The number of nitrogens with zero attached hydrogens (tertiary/aromatic N) is 2. The Morgan fingerprint density at radius 3 is 3.08 bits per heavy atom. The molecule has 1 aromatic carbocycles. The van der Waals surface area contributed by atoms with Crippen molar-refractivity contribution in [2.24, 2.45) is 5.73 Å². The summed E-state index contributed by atoms with van der Waals surface area (Å²) in [5, 5.41) is 8.65. The molecular weight excluding hydrogens is 164 g/mol. The lowest BCUT2D eigenvalue weighted by Crippen LogP contribution is -1.97. The smallest absolute Gasteiger partial charge is 0.121 e. The minimum absolute atomic E-state index is 0.385. The lowest BCUT2D eigenvalue weighted by Gasteiger charge is -1.87. The van der Waals surface area contributed by atoms with Gasteiger partial charge in [-0.05, 0) is 18.2 Å². The van der Waals surface area contributed by atoms with Crippen LogP contribution in [0.1, 0.15) is 11.4 Å². The molecule has 0 spiro atoms. The van der Waals surface area contributed by atoms with Crippen LogP contribution in [0.4, 0.5) is 0 Å². The summed E-state index contributed by atoms with van der Waals surface area (Å²) in [4.78, 5) is 7.25. The molecule has 64 valence electrons. The summed E-state index contributed by atoms with van der Waals surface area (Å²) < 4.78 is 0. The van der Waals surface area contributed by atoms with Crippen LogP contribution in [0.15, 0.2) is 18.2 Å². The van der Waals surface area contributed by atoms with E-state index in [9.17, 15) is 0 Å². The second-order valence-electron chi connectivity index (χ2n) is 2.73. The number of nitriles is 1. The highest BCUT2D eigenvalue weighted by molar-refractivity contribution is 5.76. The summed E-state index contributed by atoms with van der Waals surface area (Å²) in [5.74, 6) is 0.741. The second kappa shape index (κ2) is 2.88. The Hall–Kier alpha value is -1.86. The van der Waals surface area contributed by atoms with Crippen LogP contribution in [0.5, 0.6) is 0 Å². The number of aromatic amines is 1. The van der Waals surface area contributed by atoms with E-state index in [0.29, 0.717) is 12.1 Å². The molecule has 2 aromatic rings. The fourth-order valence-electron chi connectivity index (χ4n) is 1.23. The third-order valence-corrected chi connectivity index (χ3v) is 1.85. The molecule has 0 aliphatic carbocycles. The molecule has 1 aromatic heterocycles. The van der Waals surface area contributed by atoms with Gasteiger partial charge in [0.1, 0.15) is 5.82 Å². The van der Waals surface area contributed by atoms with Crippen molar-refractivity contribution in [3.8, 4) is 6.07 Å². The van der Waals surface area contributed by atoms with Crippen molar-refractivity contribution in [2.45, 2.75) is 6.54 Å². The number of rotatable bonds is 1. The average molecular weight is 172 g/mol. The first-order valence-electron chi connectivity index (χ1n) is 3.92. The Bertz CT molecular complexity index is 478. The molecule has 4 heteroatoms. The van der Waals surface area contributed by atoms with Crippen LogP contribution in [-0.2, 0) is 6.54 Å². The largest absolute Gasteiger partial charge is 0.341 e. The molecule has 4 nitrogen and oxygen atoms in total. The molecule has 13 heavy (non-hydrogen) atoms. The molecule has 2 rings (SSSR count). The molecule has 0 atom stereocenters. The zero-order valence-corrected chi connectivity index (χ0v) is 6.91. The van der Waals surface area contributed by atoms with Crippen molar-refractivity contribution in [2.75, 3.05) is 0 Å². The maximum Gasteiger partial charge on any atom is 0.121 e. The van der Waals surface area contributed by atoms with Gasteiger partial charge in [0.2, 0.25) is 0 Å². The monoisotopic (exact) mass is 172 g/mol. The Kier molecular flexibility index (Phi) is 1.72. The molecular formula is C9H8N4. The summed E-state index contributed by atoms with van der Waals surface area (Å²) in [6, 6.07) is 7.38. The lowest BCUT2D eigenvalue weighted by atomic mass is 10.2. The van der Waals surface area contributed by atoms with Gasteiger partial charge in [0.15, 0.2) is 0 Å². The summed E-state index contributed by atoms with van der Waals surface area (Å²) in [7, 11) is 0. The fourth-order valence-corrected chi connectivity index (χ4v) is 1.23. The van der Waals surface area contributed by atoms with Gasteiger partial charge >= 0.3 is 0 Å². The third kappa shape index (κ3) is 1.25. The van der Waals surface area contributed by atoms with Crippen LogP contribution in [-0.4, -0.2) is 9.97 Å². The number of aromatic nitrogens is 2. The number of nitrogens with one attached hydrogen (secondary N) is 1. The van der Waals surface area contributed by atoms with Crippen molar-refractivity contribution >= 4 is 11.0 Å². The van der Waals surface area contributed by atoms with Crippen molar-refractivity contribution in [3.63, 3.8) is 0 Å². The van der Waals surface area contributed by atoms with Gasteiger partial charge < -0.3 is 10.7 Å². The molecule has 0 bridgehead atoms. The van der Waals surface area contributed by atoms with Gasteiger partial charge in [-0.3, -0.25) is 0 Å². The molecule has 0 aliphatic rings. The Morgan fingerprint density at radius 1 is 1.54 bits per heavy atom. The van der Waals surface area contributed by atoms with Crippen LogP contribution < -0.4 is 5.73 Å². The summed E-state index contributed by atoms with van der Waals surface area (Å²) in [6.07, 6.45) is 0. The van der Waals surface area contributed by atoms with Crippen molar-refractivity contribution in [1.29, 1.82) is 5.26 Å². The number of hydrogen-bond donors (Lipinski definition) is 2. The van der Waals surface area contributed by atoms with E-state index in [-0.39, 0.29) is 0 Å². The Balaban J connectivity index is 2.65. The van der Waals surface area contributed by atoms with Gasteiger partial charge in [0, 0.05) is 0 Å². The van der Waals surface area contributed by atoms with Gasteiger partial charge in [0.25, 0.3) is 0 Å². The molecule has 0 saturated carbocycles. The Morgan fingerprint density at radius 2 is 2.38 bits per heavy atom. The van der Waals surface area contributed by atoms with Crippen LogP contribution in [0, 0.1) is 11.3 Å². The number of fused-ring (bicyclic) bond motifs is 1. The number of hydrogen-bond acceptors (Lipinski definition) is 3. The molecule has 1 heterocycles. The lowest BCUT2D eigenvalue weighted by molar-refractivity contribution is 0.958. The minimum atomic E-state index is 0.385. The molecule has 0 amide bonds. The molecule has 0 radical (unpaired) electrons. The molecule has 0 aliphatic heterocycles. The van der Waals surface area contributed by atoms with E-state index in [4.69, 9.17) is 11.0 Å². The first-order chi connectivity index (χ1) is 6.33. The highest BCUT2D eigenvalue weighted by atomic mass is 14.9. The first-order valence-corrected chi connectivity index (χ1v) is 3.92. The predicted octanol–water partition coefficient (Wildman–Crippen LogP) is 0.893. The van der Waals surface area contributed by atoms with Gasteiger partial charge in [-0.1, -0.05) is 0 Å². The van der Waals surface area contributed by atoms with Gasteiger partial charge in [-0.15, -0.1) is 0 Å². The Labute approximate surface area is 75.0 Å². The quantitative estimate of drug-likeness (QED) is 0.670.